The molecule has 0 saturated carbocycles. The topological polar surface area (TPSA) is 32.3 Å². The fourth-order valence-corrected chi connectivity index (χ4v) is 2.65. The van der Waals surface area contributed by atoms with Gasteiger partial charge in [0.05, 0.1) is 11.3 Å². The fourth-order valence-electron chi connectivity index (χ4n) is 1.99. The first-order valence-corrected chi connectivity index (χ1v) is 7.36. The average molecular weight is 292 g/mol. The molecule has 0 aliphatic rings. The molecule has 2 rings (SSSR count). The van der Waals surface area contributed by atoms with Crippen molar-refractivity contribution in [1.82, 2.24) is 4.90 Å². The van der Waals surface area contributed by atoms with E-state index in [-0.39, 0.29) is 11.6 Å². The Morgan fingerprint density at radius 2 is 2.20 bits per heavy atom. The Bertz CT molecular complexity index is 584. The van der Waals surface area contributed by atoms with E-state index < -0.39 is 5.82 Å². The van der Waals surface area contributed by atoms with Crippen LogP contribution in [0.3, 0.4) is 0 Å². The molecule has 2 aromatic rings. The third-order valence-corrected chi connectivity index (χ3v) is 3.68. The van der Waals surface area contributed by atoms with Gasteiger partial charge in [-0.05, 0) is 41.4 Å². The van der Waals surface area contributed by atoms with E-state index in [1.54, 1.807) is 35.4 Å². The van der Waals surface area contributed by atoms with Gasteiger partial charge in [0, 0.05) is 20.1 Å². The van der Waals surface area contributed by atoms with Crippen molar-refractivity contribution in [3.8, 4) is 0 Å². The highest BCUT2D eigenvalue weighted by atomic mass is 32.1. The molecule has 0 radical (unpaired) electrons. The first kappa shape index (κ1) is 14.5. The number of rotatable bonds is 5. The van der Waals surface area contributed by atoms with Crippen molar-refractivity contribution in [1.29, 1.82) is 0 Å². The molecule has 3 nitrogen and oxygen atoms in total. The summed E-state index contributed by atoms with van der Waals surface area (Å²) in [5, 5.41) is 6.89. The molecule has 0 saturated heterocycles. The summed E-state index contributed by atoms with van der Waals surface area (Å²) in [4.78, 5) is 14.0. The van der Waals surface area contributed by atoms with Crippen molar-refractivity contribution in [3.63, 3.8) is 0 Å². The van der Waals surface area contributed by atoms with Crippen molar-refractivity contribution in [3.05, 3.63) is 52.0 Å². The molecule has 106 valence electrons. The third-order valence-electron chi connectivity index (χ3n) is 2.94. The van der Waals surface area contributed by atoms with Crippen molar-refractivity contribution in [2.75, 3.05) is 18.9 Å². The van der Waals surface area contributed by atoms with Crippen LogP contribution in [0.5, 0.6) is 0 Å². The van der Waals surface area contributed by atoms with Gasteiger partial charge in [-0.15, -0.1) is 0 Å². The second-order valence-corrected chi connectivity index (χ2v) is 5.27. The van der Waals surface area contributed by atoms with Crippen LogP contribution in [-0.2, 0) is 6.54 Å². The van der Waals surface area contributed by atoms with Crippen LogP contribution in [-0.4, -0.2) is 24.4 Å². The van der Waals surface area contributed by atoms with Crippen LogP contribution in [0.4, 0.5) is 10.1 Å². The Morgan fingerprint density at radius 3 is 2.85 bits per heavy atom. The molecule has 0 fully saturated rings. The average Bonchev–Trinajstić information content (AvgIpc) is 2.93. The van der Waals surface area contributed by atoms with Crippen LogP contribution >= 0.6 is 11.3 Å². The number of anilines is 1. The van der Waals surface area contributed by atoms with E-state index in [9.17, 15) is 9.18 Å². The Kier molecular flexibility index (Phi) is 4.74. The van der Waals surface area contributed by atoms with Crippen LogP contribution in [0.25, 0.3) is 0 Å². The van der Waals surface area contributed by atoms with Gasteiger partial charge in [-0.3, -0.25) is 4.79 Å². The molecule has 0 unspecified atom stereocenters. The lowest BCUT2D eigenvalue weighted by atomic mass is 10.1. The highest BCUT2D eigenvalue weighted by molar-refractivity contribution is 7.07. The molecule has 1 heterocycles. The summed E-state index contributed by atoms with van der Waals surface area (Å²) in [6.07, 6.45) is 0. The SMILES string of the molecule is CCNc1c(F)cccc1C(=O)N(C)Cc1ccsc1. The van der Waals surface area contributed by atoms with Gasteiger partial charge in [-0.2, -0.15) is 11.3 Å². The molecule has 1 N–H and O–H groups in total. The van der Waals surface area contributed by atoms with Crippen LogP contribution in [0.15, 0.2) is 35.0 Å². The van der Waals surface area contributed by atoms with Gasteiger partial charge in [-0.1, -0.05) is 6.07 Å². The normalized spacial score (nSPS) is 10.3. The van der Waals surface area contributed by atoms with Gasteiger partial charge >= 0.3 is 0 Å². The Labute approximate surface area is 122 Å². The number of hydrogen-bond acceptors (Lipinski definition) is 3. The van der Waals surface area contributed by atoms with E-state index in [0.717, 1.165) is 5.56 Å². The number of nitrogens with zero attached hydrogens (tertiary/aromatic N) is 1. The van der Waals surface area contributed by atoms with E-state index in [1.165, 1.54) is 6.07 Å². The predicted molar refractivity (Wildman–Crippen MR) is 80.7 cm³/mol. The third kappa shape index (κ3) is 3.17. The lowest BCUT2D eigenvalue weighted by Gasteiger charge is -2.19. The van der Waals surface area contributed by atoms with Crippen LogP contribution in [0, 0.1) is 5.82 Å². The molecule has 1 aromatic heterocycles. The van der Waals surface area contributed by atoms with Gasteiger partial charge in [0.2, 0.25) is 0 Å². The summed E-state index contributed by atoms with van der Waals surface area (Å²) in [5.74, 6) is -0.590. The molecular formula is C15H17FN2OS. The van der Waals surface area contributed by atoms with Crippen molar-refractivity contribution in [2.24, 2.45) is 0 Å². The van der Waals surface area contributed by atoms with E-state index in [0.29, 0.717) is 18.7 Å². The van der Waals surface area contributed by atoms with Crippen molar-refractivity contribution in [2.45, 2.75) is 13.5 Å². The highest BCUT2D eigenvalue weighted by Crippen LogP contribution is 2.22. The largest absolute Gasteiger partial charge is 0.382 e. The highest BCUT2D eigenvalue weighted by Gasteiger charge is 2.18. The first-order chi connectivity index (χ1) is 9.63. The lowest BCUT2D eigenvalue weighted by molar-refractivity contribution is 0.0786. The minimum atomic E-state index is -0.401. The molecule has 0 atom stereocenters. The summed E-state index contributed by atoms with van der Waals surface area (Å²) in [6, 6.07) is 6.54. The van der Waals surface area contributed by atoms with E-state index in [4.69, 9.17) is 0 Å². The smallest absolute Gasteiger partial charge is 0.256 e. The maximum Gasteiger partial charge on any atom is 0.256 e. The van der Waals surface area contributed by atoms with Gasteiger partial charge in [0.15, 0.2) is 0 Å². The molecule has 0 aliphatic heterocycles. The summed E-state index contributed by atoms with van der Waals surface area (Å²) in [5.41, 5.74) is 1.72. The van der Waals surface area contributed by atoms with Gasteiger partial charge in [-0.25, -0.2) is 4.39 Å². The van der Waals surface area contributed by atoms with Crippen molar-refractivity contribution >= 4 is 22.9 Å². The van der Waals surface area contributed by atoms with Crippen LogP contribution in [0.2, 0.25) is 0 Å². The number of nitrogens with one attached hydrogen (secondary N) is 1. The molecular weight excluding hydrogens is 275 g/mol. The maximum atomic E-state index is 13.8. The number of thiophene rings is 1. The molecule has 20 heavy (non-hydrogen) atoms. The van der Waals surface area contributed by atoms with Crippen LogP contribution < -0.4 is 5.32 Å². The zero-order valence-corrected chi connectivity index (χ0v) is 12.3. The second-order valence-electron chi connectivity index (χ2n) is 4.49. The quantitative estimate of drug-likeness (QED) is 0.913. The van der Waals surface area contributed by atoms with Gasteiger partial charge in [0.1, 0.15) is 5.82 Å². The van der Waals surface area contributed by atoms with Crippen LogP contribution in [0.1, 0.15) is 22.8 Å². The minimum absolute atomic E-state index is 0.188. The minimum Gasteiger partial charge on any atom is -0.382 e. The lowest BCUT2D eigenvalue weighted by Crippen LogP contribution is -2.27. The molecule has 1 amide bonds. The Balaban J connectivity index is 2.22. The zero-order valence-electron chi connectivity index (χ0n) is 11.5. The van der Waals surface area contributed by atoms with E-state index in [2.05, 4.69) is 5.32 Å². The molecule has 5 heteroatoms. The molecule has 1 aromatic carbocycles. The van der Waals surface area contributed by atoms with Crippen molar-refractivity contribution < 1.29 is 9.18 Å². The number of carbonyl (C=O) groups excluding carboxylic acids is 1. The number of hydrogen-bond donors (Lipinski definition) is 1. The first-order valence-electron chi connectivity index (χ1n) is 6.42. The number of para-hydroxylation sites is 1. The molecule has 0 spiro atoms. The summed E-state index contributed by atoms with van der Waals surface area (Å²) in [6.45, 7) is 2.95. The Morgan fingerprint density at radius 1 is 1.40 bits per heavy atom. The number of halogens is 1. The standard InChI is InChI=1S/C15H17FN2OS/c1-3-17-14-12(5-4-6-13(14)16)15(19)18(2)9-11-7-8-20-10-11/h4-8,10,17H,3,9H2,1-2H3. The fraction of sp³-hybridized carbons (Fsp3) is 0.267. The van der Waals surface area contributed by atoms with Gasteiger partial charge < -0.3 is 10.2 Å². The molecule has 0 aliphatic carbocycles. The Hall–Kier alpha value is -1.88. The maximum absolute atomic E-state index is 13.8. The number of amides is 1. The summed E-state index contributed by atoms with van der Waals surface area (Å²) >= 11 is 1.59. The second kappa shape index (κ2) is 6.52. The summed E-state index contributed by atoms with van der Waals surface area (Å²) in [7, 11) is 1.72. The molecule has 0 bridgehead atoms. The predicted octanol–water partition coefficient (Wildman–Crippen LogP) is 3.59. The van der Waals surface area contributed by atoms with E-state index in [1.807, 2.05) is 23.8 Å². The van der Waals surface area contributed by atoms with Gasteiger partial charge in [0.25, 0.3) is 5.91 Å². The number of carbonyl (C=O) groups is 1. The summed E-state index contributed by atoms with van der Waals surface area (Å²) < 4.78 is 13.8. The number of benzene rings is 1. The monoisotopic (exact) mass is 292 g/mol. The zero-order chi connectivity index (χ0) is 14.5. The van der Waals surface area contributed by atoms with E-state index >= 15 is 0 Å².